The number of rotatable bonds is 2. The normalized spacial score (nSPS) is 20.3. The van der Waals surface area contributed by atoms with Crippen LogP contribution in [0.3, 0.4) is 0 Å². The first kappa shape index (κ1) is 19.1. The molecule has 0 spiro atoms. The topological polar surface area (TPSA) is 105 Å². The van der Waals surface area contributed by atoms with Gasteiger partial charge in [0.2, 0.25) is 5.95 Å². The minimum absolute atomic E-state index is 0.440. The summed E-state index contributed by atoms with van der Waals surface area (Å²) >= 11 is -1.03. The van der Waals surface area contributed by atoms with E-state index in [0.29, 0.717) is 37.9 Å². The lowest BCUT2D eigenvalue weighted by molar-refractivity contribution is 0.419. The molecule has 1 fully saturated rings. The molecule has 3 heterocycles. The van der Waals surface area contributed by atoms with Gasteiger partial charge < -0.3 is 20.1 Å². The van der Waals surface area contributed by atoms with Crippen LogP contribution in [-0.4, -0.2) is 45.4 Å². The summed E-state index contributed by atoms with van der Waals surface area (Å²) in [7, 11) is 0. The van der Waals surface area contributed by atoms with Crippen LogP contribution in [0.25, 0.3) is 10.9 Å². The maximum atomic E-state index is 12.7. The number of nitrogens with two attached hydrogens (primary N) is 1. The van der Waals surface area contributed by atoms with E-state index in [9.17, 15) is 9.81 Å². The Kier molecular flexibility index (Phi) is 4.54. The molecule has 152 valence electrons. The molecule has 30 heavy (non-hydrogen) atoms. The van der Waals surface area contributed by atoms with E-state index in [-0.39, 0.29) is 0 Å². The fourth-order valence-electron chi connectivity index (χ4n) is 4.07. The van der Waals surface area contributed by atoms with Crippen LogP contribution in [0.1, 0.15) is 11.1 Å². The van der Waals surface area contributed by atoms with Gasteiger partial charge in [0.25, 0.3) is 0 Å². The number of benzene rings is 2. The van der Waals surface area contributed by atoms with Gasteiger partial charge in [0.05, 0.1) is 37.8 Å². The van der Waals surface area contributed by atoms with Crippen molar-refractivity contribution in [3.05, 3.63) is 53.6 Å². The smallest absolute Gasteiger partial charge is 0.228 e. The van der Waals surface area contributed by atoms with E-state index in [1.165, 1.54) is 0 Å². The summed E-state index contributed by atoms with van der Waals surface area (Å²) in [6.45, 7) is 4.14. The van der Waals surface area contributed by atoms with Crippen molar-refractivity contribution in [3.8, 4) is 6.07 Å². The minimum Gasteiger partial charge on any atom is -0.611 e. The Balaban J connectivity index is 1.57. The summed E-state index contributed by atoms with van der Waals surface area (Å²) < 4.78 is 12.7. The van der Waals surface area contributed by atoms with Crippen LogP contribution in [0.4, 0.5) is 11.8 Å². The van der Waals surface area contributed by atoms with Crippen LogP contribution in [-0.2, 0) is 17.7 Å². The fourth-order valence-corrected chi connectivity index (χ4v) is 5.33. The molecule has 2 N–H and O–H groups in total. The number of nitriles is 1. The minimum atomic E-state index is -1.03. The molecule has 7 nitrogen and oxygen atoms in total. The summed E-state index contributed by atoms with van der Waals surface area (Å²) in [5, 5.41) is 10.3. The Bertz CT molecular complexity index is 1170. The molecule has 1 unspecified atom stereocenters. The monoisotopic (exact) mass is 418 g/mol. The lowest BCUT2D eigenvalue weighted by Gasteiger charge is -2.44. The van der Waals surface area contributed by atoms with Crippen molar-refractivity contribution >= 4 is 33.8 Å². The van der Waals surface area contributed by atoms with E-state index < -0.39 is 16.7 Å². The second kappa shape index (κ2) is 7.13. The van der Waals surface area contributed by atoms with Crippen LogP contribution in [0, 0.1) is 18.3 Å². The number of hydrogen-bond acceptors (Lipinski definition) is 7. The number of nitrogens with zero attached hydrogens (tertiary/aromatic N) is 5. The molecule has 2 aliphatic heterocycles. The van der Waals surface area contributed by atoms with Crippen molar-refractivity contribution in [1.82, 2.24) is 9.97 Å². The molecule has 8 heteroatoms. The van der Waals surface area contributed by atoms with Gasteiger partial charge >= 0.3 is 0 Å². The fraction of sp³-hybridized carbons (Fsp3) is 0.318. The second-order valence-electron chi connectivity index (χ2n) is 8.07. The molecular formula is C22H22N6OS. The average molecular weight is 419 g/mol. The van der Waals surface area contributed by atoms with Crippen LogP contribution in [0.5, 0.6) is 0 Å². The zero-order chi connectivity index (χ0) is 20.9. The molecule has 1 aromatic heterocycles. The zero-order valence-corrected chi connectivity index (χ0v) is 17.5. The van der Waals surface area contributed by atoms with Gasteiger partial charge in [-0.2, -0.15) is 10.2 Å². The molecule has 0 aliphatic carbocycles. The van der Waals surface area contributed by atoms with Crippen LogP contribution < -0.4 is 15.5 Å². The molecule has 1 atom stereocenters. The first-order valence-electron chi connectivity index (χ1n) is 9.90. The van der Waals surface area contributed by atoms with Gasteiger partial charge in [-0.1, -0.05) is 29.8 Å². The first-order chi connectivity index (χ1) is 14.5. The zero-order valence-electron chi connectivity index (χ0n) is 16.7. The van der Waals surface area contributed by atoms with Gasteiger partial charge in [-0.25, -0.2) is 4.98 Å². The highest BCUT2D eigenvalue weighted by Crippen LogP contribution is 2.33. The second-order valence-corrected chi connectivity index (χ2v) is 9.61. The van der Waals surface area contributed by atoms with Crippen molar-refractivity contribution in [2.45, 2.75) is 23.9 Å². The van der Waals surface area contributed by atoms with Crippen LogP contribution in [0.2, 0.25) is 0 Å². The van der Waals surface area contributed by atoms with Crippen molar-refractivity contribution in [2.24, 2.45) is 5.73 Å². The van der Waals surface area contributed by atoms with E-state index in [1.54, 1.807) is 0 Å². The van der Waals surface area contributed by atoms with Gasteiger partial charge in [-0.3, -0.25) is 0 Å². The van der Waals surface area contributed by atoms with Gasteiger partial charge in [-0.05, 0) is 36.3 Å². The van der Waals surface area contributed by atoms with Crippen molar-refractivity contribution in [1.29, 1.82) is 5.26 Å². The van der Waals surface area contributed by atoms with E-state index >= 15 is 0 Å². The standard InChI is InChI=1S/C22H22N6OS/c1-15-6-7-18-17(10-15)20(28-13-22(24,12-23)14-28)26-21(25-18)27-8-9-30(29)19-5-3-2-4-16(19)11-27/h2-7,10H,8-9,11,13-14,24H2,1H3. The molecule has 0 bridgehead atoms. The van der Waals surface area contributed by atoms with Gasteiger partial charge in [0, 0.05) is 10.9 Å². The Hall–Kier alpha value is -2.86. The molecular weight excluding hydrogens is 396 g/mol. The number of anilines is 2. The summed E-state index contributed by atoms with van der Waals surface area (Å²) in [5.41, 5.74) is 8.27. The predicted octanol–water partition coefficient (Wildman–Crippen LogP) is 2.11. The number of aryl methyl sites for hydroxylation is 1. The Morgan fingerprint density at radius 3 is 2.77 bits per heavy atom. The highest BCUT2D eigenvalue weighted by molar-refractivity contribution is 7.91. The molecule has 2 aliphatic rings. The molecule has 0 radical (unpaired) electrons. The molecule has 0 saturated carbocycles. The number of fused-ring (bicyclic) bond motifs is 2. The van der Waals surface area contributed by atoms with E-state index in [0.717, 1.165) is 32.7 Å². The average Bonchev–Trinajstić information content (AvgIpc) is 2.90. The summed E-state index contributed by atoms with van der Waals surface area (Å²) in [4.78, 5) is 14.8. The van der Waals surface area contributed by atoms with E-state index in [4.69, 9.17) is 15.7 Å². The van der Waals surface area contributed by atoms with Crippen molar-refractivity contribution < 1.29 is 4.55 Å². The Labute approximate surface area is 178 Å². The van der Waals surface area contributed by atoms with Crippen LogP contribution in [0.15, 0.2) is 47.4 Å². The highest BCUT2D eigenvalue weighted by Gasteiger charge is 2.41. The molecule has 2 aromatic carbocycles. The Morgan fingerprint density at radius 1 is 1.17 bits per heavy atom. The molecule has 3 aromatic rings. The third kappa shape index (κ3) is 3.25. The molecule has 0 amide bonds. The van der Waals surface area contributed by atoms with E-state index in [2.05, 4.69) is 17.0 Å². The third-order valence-corrected chi connectivity index (χ3v) is 7.14. The highest BCUT2D eigenvalue weighted by atomic mass is 32.2. The summed E-state index contributed by atoms with van der Waals surface area (Å²) in [6, 6.07) is 16.2. The molecule has 5 rings (SSSR count). The SMILES string of the molecule is Cc1ccc2nc(N3CC[S+]([O-])c4ccccc4C3)nc(N3CC(N)(C#N)C3)c2c1. The maximum Gasteiger partial charge on any atom is 0.228 e. The largest absolute Gasteiger partial charge is 0.611 e. The molecule has 1 saturated heterocycles. The van der Waals surface area contributed by atoms with Crippen LogP contribution >= 0.6 is 0 Å². The predicted molar refractivity (Wildman–Crippen MR) is 118 cm³/mol. The lowest BCUT2D eigenvalue weighted by Crippen LogP contribution is -2.67. The number of aromatic nitrogens is 2. The Morgan fingerprint density at radius 2 is 1.97 bits per heavy atom. The lowest BCUT2D eigenvalue weighted by atomic mass is 9.92. The maximum absolute atomic E-state index is 12.7. The quantitative estimate of drug-likeness (QED) is 0.636. The van der Waals surface area contributed by atoms with Crippen molar-refractivity contribution in [3.63, 3.8) is 0 Å². The van der Waals surface area contributed by atoms with Gasteiger partial charge in [0.15, 0.2) is 4.90 Å². The van der Waals surface area contributed by atoms with Gasteiger partial charge in [0.1, 0.15) is 17.1 Å². The van der Waals surface area contributed by atoms with E-state index in [1.807, 2.05) is 48.2 Å². The summed E-state index contributed by atoms with van der Waals surface area (Å²) in [5.74, 6) is 1.95. The summed E-state index contributed by atoms with van der Waals surface area (Å²) in [6.07, 6.45) is 0. The third-order valence-electron chi connectivity index (χ3n) is 5.70. The number of hydrogen-bond donors (Lipinski definition) is 1. The first-order valence-corrected chi connectivity index (χ1v) is 11.2. The van der Waals surface area contributed by atoms with Gasteiger partial charge in [-0.15, -0.1) is 0 Å². The van der Waals surface area contributed by atoms with Crippen molar-refractivity contribution in [2.75, 3.05) is 35.2 Å².